The topological polar surface area (TPSA) is 70.8 Å². The Balaban J connectivity index is 0.00000448. The molecule has 0 amide bonds. The SMILES string of the molecule is CC(C)c1cccc(C(C)C)c1-c1cnn(-c2[c-]c(-n3c(=O)oc4ccc(-n5cc(-c6c(C(C)C)cccc6C(C)C)cn5)[c-]c43)ccc2)c1.[Pt+2]. The number of aromatic nitrogens is 5. The molecule has 0 aliphatic heterocycles. The van der Waals surface area contributed by atoms with E-state index in [1.165, 1.54) is 37.9 Å². The molecule has 3 aromatic heterocycles. The number of hydrogen-bond donors (Lipinski definition) is 0. The van der Waals surface area contributed by atoms with Gasteiger partial charge in [-0.3, -0.25) is 13.9 Å². The van der Waals surface area contributed by atoms with Gasteiger partial charge in [-0.1, -0.05) is 97.5 Å². The van der Waals surface area contributed by atoms with Crippen molar-refractivity contribution < 1.29 is 25.5 Å². The van der Waals surface area contributed by atoms with Gasteiger partial charge in [0.1, 0.15) is 0 Å². The minimum absolute atomic E-state index is 0. The number of nitrogens with zero attached hydrogens (tertiary/aromatic N) is 5. The predicted molar refractivity (Wildman–Crippen MR) is 201 cm³/mol. The molecule has 0 bridgehead atoms. The van der Waals surface area contributed by atoms with Crippen molar-refractivity contribution in [2.45, 2.75) is 79.1 Å². The molecule has 0 fully saturated rings. The van der Waals surface area contributed by atoms with E-state index < -0.39 is 5.76 Å². The molecule has 0 spiro atoms. The molecule has 0 aliphatic rings. The van der Waals surface area contributed by atoms with Crippen LogP contribution in [0.1, 0.15) is 101 Å². The van der Waals surface area contributed by atoms with Crippen molar-refractivity contribution in [1.82, 2.24) is 24.1 Å². The molecule has 8 heteroatoms. The molecule has 0 N–H and O–H groups in total. The average molecular weight is 857 g/mol. The van der Waals surface area contributed by atoms with Crippen LogP contribution in [0.5, 0.6) is 0 Å². The Morgan fingerprint density at radius 3 is 1.47 bits per heavy atom. The minimum Gasteiger partial charge on any atom is -0.472 e. The fraction of sp³-hybridized carbons (Fsp3) is 0.279. The zero-order valence-corrected chi connectivity index (χ0v) is 32.6. The number of rotatable bonds is 9. The van der Waals surface area contributed by atoms with Crippen molar-refractivity contribution in [3.8, 4) is 39.3 Å². The third kappa shape index (κ3) is 6.72. The fourth-order valence-corrected chi connectivity index (χ4v) is 6.94. The Kier molecular flexibility index (Phi) is 10.2. The van der Waals surface area contributed by atoms with Crippen molar-refractivity contribution in [2.24, 2.45) is 0 Å². The van der Waals surface area contributed by atoms with E-state index in [9.17, 15) is 4.79 Å². The van der Waals surface area contributed by atoms with E-state index in [1.54, 1.807) is 6.07 Å². The van der Waals surface area contributed by atoms with Gasteiger partial charge in [-0.05, 0) is 73.9 Å². The van der Waals surface area contributed by atoms with E-state index in [0.717, 1.165) is 11.1 Å². The van der Waals surface area contributed by atoms with E-state index in [2.05, 4.69) is 104 Å². The molecule has 7 nitrogen and oxygen atoms in total. The molecule has 51 heavy (non-hydrogen) atoms. The molecule has 4 aromatic carbocycles. The quantitative estimate of drug-likeness (QED) is 0.136. The van der Waals surface area contributed by atoms with Crippen LogP contribution in [0.15, 0.2) is 101 Å². The van der Waals surface area contributed by atoms with Gasteiger partial charge in [0, 0.05) is 29.1 Å². The third-order valence-electron chi connectivity index (χ3n) is 9.46. The normalized spacial score (nSPS) is 11.8. The van der Waals surface area contributed by atoms with Gasteiger partial charge < -0.3 is 4.42 Å². The molecule has 3 heterocycles. The van der Waals surface area contributed by atoms with Gasteiger partial charge >= 0.3 is 26.8 Å². The molecule has 0 aliphatic carbocycles. The van der Waals surface area contributed by atoms with Crippen LogP contribution in [0.2, 0.25) is 0 Å². The summed E-state index contributed by atoms with van der Waals surface area (Å²) in [7, 11) is 0. The van der Waals surface area contributed by atoms with Gasteiger partial charge in [-0.2, -0.15) is 16.3 Å². The Morgan fingerprint density at radius 1 is 0.569 bits per heavy atom. The summed E-state index contributed by atoms with van der Waals surface area (Å²) in [4.78, 5) is 13.3. The zero-order valence-electron chi connectivity index (χ0n) is 30.3. The van der Waals surface area contributed by atoms with Gasteiger partial charge in [-0.25, -0.2) is 4.79 Å². The number of fused-ring (bicyclic) bond motifs is 1. The van der Waals surface area contributed by atoms with Crippen LogP contribution in [-0.2, 0) is 21.1 Å². The standard InChI is InChI=1S/C43H43N5O2.Pt/c1-26(2)35-14-10-15-36(27(3)4)41(35)30-22-44-46(24-30)32-12-9-13-34(20-32)48-39-21-33(18-19-40(39)50-43(48)49)47-25-31(23-45-47)42-37(28(5)6)16-11-17-38(42)29(7)8;/h9-19,22-29H,1-8H3;/q-2;+2. The molecule has 0 unspecified atom stereocenters. The molecular formula is C43H43N5O2Pt. The van der Waals surface area contributed by atoms with Crippen molar-refractivity contribution in [2.75, 3.05) is 0 Å². The smallest absolute Gasteiger partial charge is 0.472 e. The summed E-state index contributed by atoms with van der Waals surface area (Å²) >= 11 is 0. The van der Waals surface area contributed by atoms with Crippen molar-refractivity contribution in [1.29, 1.82) is 0 Å². The zero-order chi connectivity index (χ0) is 35.3. The molecule has 262 valence electrons. The summed E-state index contributed by atoms with van der Waals surface area (Å²) in [5.41, 5.74) is 12.6. The molecule has 7 rings (SSSR count). The van der Waals surface area contributed by atoms with Gasteiger partial charge in [0.15, 0.2) is 0 Å². The van der Waals surface area contributed by atoms with Gasteiger partial charge in [0.2, 0.25) is 0 Å². The summed E-state index contributed by atoms with van der Waals surface area (Å²) in [6, 6.07) is 29.3. The monoisotopic (exact) mass is 856 g/mol. The first-order valence-corrected chi connectivity index (χ1v) is 17.5. The Hall–Kier alpha value is -4.74. The van der Waals surface area contributed by atoms with Crippen molar-refractivity contribution >= 4 is 11.1 Å². The maximum Gasteiger partial charge on any atom is 2.00 e. The maximum absolute atomic E-state index is 13.3. The minimum atomic E-state index is -0.510. The van der Waals surface area contributed by atoms with Crippen LogP contribution in [-0.4, -0.2) is 24.1 Å². The summed E-state index contributed by atoms with van der Waals surface area (Å²) in [5.74, 6) is 0.953. The maximum atomic E-state index is 13.3. The largest absolute Gasteiger partial charge is 2.00 e. The van der Waals surface area contributed by atoms with Gasteiger partial charge in [0.25, 0.3) is 0 Å². The van der Waals surface area contributed by atoms with Crippen LogP contribution < -0.4 is 5.76 Å². The van der Waals surface area contributed by atoms with Crippen LogP contribution in [0.3, 0.4) is 0 Å². The van der Waals surface area contributed by atoms with Crippen LogP contribution in [0.25, 0.3) is 50.4 Å². The van der Waals surface area contributed by atoms with Crippen molar-refractivity contribution in [3.05, 3.63) is 136 Å². The van der Waals surface area contributed by atoms with Crippen molar-refractivity contribution in [3.63, 3.8) is 0 Å². The molecule has 0 saturated heterocycles. The van der Waals surface area contributed by atoms with E-state index >= 15 is 0 Å². The predicted octanol–water partition coefficient (Wildman–Crippen LogP) is 10.4. The van der Waals surface area contributed by atoms with Crippen LogP contribution in [0, 0.1) is 12.1 Å². The molecule has 7 aromatic rings. The number of benzene rings is 4. The average Bonchev–Trinajstić information content (AvgIpc) is 3.86. The summed E-state index contributed by atoms with van der Waals surface area (Å²) in [6.45, 7) is 17.8. The molecule has 0 atom stereocenters. The van der Waals surface area contributed by atoms with E-state index in [1.807, 2.05) is 58.4 Å². The third-order valence-corrected chi connectivity index (χ3v) is 9.46. The molecule has 0 radical (unpaired) electrons. The number of hydrogen-bond acceptors (Lipinski definition) is 4. The Morgan fingerprint density at radius 2 is 1.00 bits per heavy atom. The summed E-state index contributed by atoms with van der Waals surface area (Å²) < 4.78 is 10.8. The van der Waals surface area contributed by atoms with E-state index in [0.29, 0.717) is 51.8 Å². The van der Waals surface area contributed by atoms with Crippen LogP contribution in [0.4, 0.5) is 0 Å². The Labute approximate surface area is 314 Å². The number of oxazole rings is 1. The van der Waals surface area contributed by atoms with Crippen LogP contribution >= 0.6 is 0 Å². The Bertz CT molecular complexity index is 2340. The first kappa shape index (κ1) is 36.1. The fourth-order valence-electron chi connectivity index (χ4n) is 6.94. The van der Waals surface area contributed by atoms with Gasteiger partial charge in [0.05, 0.1) is 12.4 Å². The van der Waals surface area contributed by atoms with E-state index in [4.69, 9.17) is 14.6 Å². The molecular weight excluding hydrogens is 814 g/mol. The summed E-state index contributed by atoms with van der Waals surface area (Å²) in [5, 5.41) is 9.48. The first-order valence-electron chi connectivity index (χ1n) is 17.5. The summed E-state index contributed by atoms with van der Waals surface area (Å²) in [6.07, 6.45) is 7.90. The van der Waals surface area contributed by atoms with Gasteiger partial charge in [-0.15, -0.1) is 36.4 Å². The first-order chi connectivity index (χ1) is 24.0. The second-order valence-corrected chi connectivity index (χ2v) is 14.3. The second-order valence-electron chi connectivity index (χ2n) is 14.3. The molecule has 0 saturated carbocycles. The van der Waals surface area contributed by atoms with E-state index in [-0.39, 0.29) is 21.1 Å². The second kappa shape index (κ2) is 14.5.